The molecule has 5 rings (SSSR count). The first kappa shape index (κ1) is 34.1. The number of ether oxygens (including phenoxy) is 2. The minimum absolute atomic E-state index is 0.0564. The van der Waals surface area contributed by atoms with Crippen LogP contribution in [0.4, 0.5) is 26.1 Å². The molecule has 0 bridgehead atoms. The molecule has 252 valence electrons. The summed E-state index contributed by atoms with van der Waals surface area (Å²) in [7, 11) is -2.99. The van der Waals surface area contributed by atoms with E-state index >= 15 is 0 Å². The molecule has 0 spiro atoms. The number of fused-ring (bicyclic) bond motifs is 1. The Morgan fingerprint density at radius 3 is 2.70 bits per heavy atom. The molecule has 1 amide bonds. The number of aromatic amines is 1. The van der Waals surface area contributed by atoms with Crippen LogP contribution in [0.5, 0.6) is 11.5 Å². The van der Waals surface area contributed by atoms with Gasteiger partial charge in [0.2, 0.25) is 5.91 Å². The number of hydrogen-bond acceptors (Lipinski definition) is 10. The Balaban J connectivity index is 1.18. The predicted octanol–water partition coefficient (Wildman–Crippen LogP) is 4.54. The zero-order valence-corrected chi connectivity index (χ0v) is 26.5. The number of nitrogens with one attached hydrogen (secondary N) is 3. The summed E-state index contributed by atoms with van der Waals surface area (Å²) in [4.78, 5) is 41.2. The van der Waals surface area contributed by atoms with Crippen molar-refractivity contribution in [2.75, 3.05) is 50.6 Å². The number of phosphoric acid groups is 1. The van der Waals surface area contributed by atoms with Gasteiger partial charge in [0, 0.05) is 42.8 Å². The van der Waals surface area contributed by atoms with Crippen molar-refractivity contribution in [3.05, 3.63) is 60.1 Å². The minimum Gasteiger partial charge on any atom is -0.493 e. The first-order valence-electron chi connectivity index (χ1n) is 15.0. The molecule has 1 fully saturated rings. The first-order chi connectivity index (χ1) is 22.6. The molecule has 1 saturated carbocycles. The van der Waals surface area contributed by atoms with Gasteiger partial charge in [0.05, 0.1) is 37.9 Å². The minimum atomic E-state index is -4.51. The Bertz CT molecular complexity index is 1730. The van der Waals surface area contributed by atoms with Gasteiger partial charge in [-0.1, -0.05) is 12.5 Å². The summed E-state index contributed by atoms with van der Waals surface area (Å²) in [6.07, 6.45) is 5.39. The van der Waals surface area contributed by atoms with Gasteiger partial charge in [-0.25, -0.2) is 23.3 Å². The number of halogens is 2. The topological polar surface area (TPSA) is 184 Å². The van der Waals surface area contributed by atoms with Crippen LogP contribution in [0.1, 0.15) is 31.4 Å². The lowest BCUT2D eigenvalue weighted by atomic mass is 9.85. The quantitative estimate of drug-likeness (QED) is 0.0779. The van der Waals surface area contributed by atoms with E-state index < -0.39 is 25.4 Å². The first-order valence-corrected chi connectivity index (χ1v) is 16.5. The van der Waals surface area contributed by atoms with Crippen molar-refractivity contribution in [1.29, 1.82) is 0 Å². The molecule has 0 radical (unpaired) electrons. The van der Waals surface area contributed by atoms with Crippen LogP contribution in [-0.2, 0) is 20.3 Å². The van der Waals surface area contributed by atoms with Gasteiger partial charge in [0.25, 0.3) is 0 Å². The Morgan fingerprint density at radius 2 is 1.96 bits per heavy atom. The van der Waals surface area contributed by atoms with Gasteiger partial charge in [-0.15, -0.1) is 0 Å². The number of carbonyl (C=O) groups is 1. The van der Waals surface area contributed by atoms with E-state index in [0.29, 0.717) is 71.8 Å². The third-order valence-electron chi connectivity index (χ3n) is 7.66. The highest BCUT2D eigenvalue weighted by atomic mass is 31.2. The molecule has 2 aromatic heterocycles. The number of nitrogens with zero attached hydrogens (tertiary/aromatic N) is 4. The fraction of sp³-hybridized carbons (Fsp3) is 0.400. The number of H-pyrrole nitrogens is 1. The molecule has 47 heavy (non-hydrogen) atoms. The number of benzene rings is 2. The van der Waals surface area contributed by atoms with Gasteiger partial charge in [0.15, 0.2) is 29.0 Å². The average molecular weight is 676 g/mol. The molecule has 14 nitrogen and oxygen atoms in total. The van der Waals surface area contributed by atoms with E-state index in [4.69, 9.17) is 19.3 Å². The Hall–Kier alpha value is -4.21. The molecule has 5 N–H and O–H groups in total. The van der Waals surface area contributed by atoms with E-state index in [1.165, 1.54) is 32.0 Å². The van der Waals surface area contributed by atoms with Crippen LogP contribution < -0.4 is 20.1 Å². The van der Waals surface area contributed by atoms with Gasteiger partial charge in [-0.3, -0.25) is 14.4 Å². The lowest BCUT2D eigenvalue weighted by molar-refractivity contribution is -0.115. The van der Waals surface area contributed by atoms with Crippen molar-refractivity contribution in [3.63, 3.8) is 0 Å². The zero-order valence-electron chi connectivity index (χ0n) is 25.6. The van der Waals surface area contributed by atoms with E-state index in [2.05, 4.69) is 40.2 Å². The van der Waals surface area contributed by atoms with E-state index in [0.717, 1.165) is 25.5 Å². The second-order valence-corrected chi connectivity index (χ2v) is 12.3. The molecule has 0 unspecified atom stereocenters. The van der Waals surface area contributed by atoms with E-state index in [-0.39, 0.29) is 18.7 Å². The maximum Gasteiger partial charge on any atom is 0.469 e. The van der Waals surface area contributed by atoms with Crippen LogP contribution in [0.25, 0.3) is 10.9 Å². The lowest BCUT2D eigenvalue weighted by Crippen LogP contribution is -2.36. The van der Waals surface area contributed by atoms with Gasteiger partial charge in [-0.2, -0.15) is 5.10 Å². The number of anilines is 3. The Labute approximate surface area is 269 Å². The van der Waals surface area contributed by atoms with Crippen LogP contribution in [0.3, 0.4) is 0 Å². The second-order valence-electron chi connectivity index (χ2n) is 11.1. The van der Waals surface area contributed by atoms with Crippen molar-refractivity contribution in [3.8, 4) is 11.5 Å². The van der Waals surface area contributed by atoms with Crippen LogP contribution in [-0.4, -0.2) is 80.7 Å². The van der Waals surface area contributed by atoms with Crippen molar-refractivity contribution in [2.24, 2.45) is 5.92 Å². The summed E-state index contributed by atoms with van der Waals surface area (Å²) in [5.74, 6) is -0.439. The molecule has 0 aliphatic heterocycles. The molecular weight excluding hydrogens is 639 g/mol. The van der Waals surface area contributed by atoms with Crippen molar-refractivity contribution in [2.45, 2.75) is 32.1 Å². The van der Waals surface area contributed by atoms with E-state index in [9.17, 15) is 18.1 Å². The fourth-order valence-corrected chi connectivity index (χ4v) is 5.45. The second kappa shape index (κ2) is 15.6. The van der Waals surface area contributed by atoms with Crippen LogP contribution in [0.2, 0.25) is 0 Å². The highest BCUT2D eigenvalue weighted by molar-refractivity contribution is 7.46. The van der Waals surface area contributed by atoms with Crippen LogP contribution >= 0.6 is 7.82 Å². The average Bonchev–Trinajstić information content (AvgIpc) is 3.44. The highest BCUT2D eigenvalue weighted by Crippen LogP contribution is 2.36. The summed E-state index contributed by atoms with van der Waals surface area (Å²) in [6, 6.07) is 8.61. The molecule has 2 aromatic carbocycles. The SMILES string of the molecule is COc1cc2c(Nc3cc(CC(=O)Nc4cccc(F)c4F)[nH]n3)ncnc2cc1OCCCN(CCOP(=O)(O)O)CC1CCC1. The maximum absolute atomic E-state index is 13.9. The van der Waals surface area contributed by atoms with Gasteiger partial charge in [-0.05, 0) is 43.4 Å². The third kappa shape index (κ3) is 9.65. The fourth-order valence-electron chi connectivity index (χ4n) is 5.14. The molecule has 1 aliphatic rings. The highest BCUT2D eigenvalue weighted by Gasteiger charge is 2.22. The summed E-state index contributed by atoms with van der Waals surface area (Å²) >= 11 is 0. The molecule has 1 aliphatic carbocycles. The lowest BCUT2D eigenvalue weighted by Gasteiger charge is -2.32. The predicted molar refractivity (Wildman–Crippen MR) is 169 cm³/mol. The summed E-state index contributed by atoms with van der Waals surface area (Å²) in [5.41, 5.74) is 0.746. The van der Waals surface area contributed by atoms with E-state index in [1.807, 2.05) is 0 Å². The number of phosphoric ester groups is 1. The number of hydrogen-bond donors (Lipinski definition) is 5. The number of rotatable bonds is 17. The largest absolute Gasteiger partial charge is 0.493 e. The molecule has 17 heteroatoms. The Morgan fingerprint density at radius 1 is 1.13 bits per heavy atom. The number of methoxy groups -OCH3 is 1. The number of amides is 1. The smallest absolute Gasteiger partial charge is 0.469 e. The normalized spacial score (nSPS) is 13.5. The summed E-state index contributed by atoms with van der Waals surface area (Å²) in [5, 5.41) is 13.0. The molecular formula is C30H36F2N7O7P. The molecule has 0 saturated heterocycles. The monoisotopic (exact) mass is 675 g/mol. The Kier molecular flexibility index (Phi) is 11.3. The standard InChI is InChI=1S/C30H36F2N7O7P/c1-44-25-15-21-24(16-26(25)45-11-4-9-39(17-19-5-2-6-19)10-12-46-47(41,42)43)33-18-34-30(21)36-27-13-20(37-38-27)14-28(40)35-23-8-3-7-22(31)29(23)32/h3,7-8,13,15-16,18-19H,2,4-6,9-12,14,17H2,1H3,(H,35,40)(H2,41,42,43)(H2,33,34,36,37,38). The molecule has 4 aromatic rings. The molecule has 0 atom stereocenters. The molecule has 2 heterocycles. The van der Waals surface area contributed by atoms with Crippen LogP contribution in [0, 0.1) is 17.6 Å². The van der Waals surface area contributed by atoms with Crippen molar-refractivity contribution < 1.29 is 41.9 Å². The summed E-state index contributed by atoms with van der Waals surface area (Å²) in [6.45, 7) is 2.23. The number of carbonyl (C=O) groups excluding carboxylic acids is 1. The summed E-state index contributed by atoms with van der Waals surface area (Å²) < 4.78 is 54.7. The van der Waals surface area contributed by atoms with Crippen molar-refractivity contribution >= 4 is 42.0 Å². The number of aromatic nitrogens is 4. The van der Waals surface area contributed by atoms with Crippen molar-refractivity contribution in [1.82, 2.24) is 25.1 Å². The maximum atomic E-state index is 13.9. The zero-order chi connectivity index (χ0) is 33.4. The van der Waals surface area contributed by atoms with Crippen LogP contribution in [0.15, 0.2) is 42.7 Å². The van der Waals surface area contributed by atoms with Gasteiger partial charge < -0.3 is 34.8 Å². The van der Waals surface area contributed by atoms with Gasteiger partial charge >= 0.3 is 7.82 Å². The van der Waals surface area contributed by atoms with E-state index in [1.54, 1.807) is 18.2 Å². The van der Waals surface area contributed by atoms with Gasteiger partial charge in [0.1, 0.15) is 12.1 Å². The third-order valence-corrected chi connectivity index (χ3v) is 8.18.